The molecule has 1 aromatic carbocycles. The molecule has 0 N–H and O–H groups in total. The summed E-state index contributed by atoms with van der Waals surface area (Å²) in [5.74, 6) is 1.82. The normalized spacial score (nSPS) is 23.6. The van der Waals surface area contributed by atoms with E-state index in [2.05, 4.69) is 27.7 Å². The molecule has 2 aliphatic rings. The van der Waals surface area contributed by atoms with E-state index in [1.807, 2.05) is 18.2 Å². The van der Waals surface area contributed by atoms with E-state index in [1.165, 1.54) is 17.7 Å². The van der Waals surface area contributed by atoms with Gasteiger partial charge in [-0.2, -0.15) is 0 Å². The van der Waals surface area contributed by atoms with Crippen LogP contribution in [0, 0.1) is 5.92 Å². The van der Waals surface area contributed by atoms with Gasteiger partial charge >= 0.3 is 0 Å². The number of ether oxygens (including phenoxy) is 2. The molecule has 4 rings (SSSR count). The molecule has 0 aliphatic carbocycles. The second-order valence-electron chi connectivity index (χ2n) is 8.43. The van der Waals surface area contributed by atoms with Crippen molar-refractivity contribution >= 4 is 0 Å². The molecule has 1 aromatic heterocycles. The maximum absolute atomic E-state index is 12.9. The highest BCUT2D eigenvalue weighted by Gasteiger charge is 2.40. The molecule has 2 aromatic rings. The summed E-state index contributed by atoms with van der Waals surface area (Å²) >= 11 is 0. The predicted octanol–water partition coefficient (Wildman–Crippen LogP) is 3.49. The van der Waals surface area contributed by atoms with Crippen LogP contribution in [0.15, 0.2) is 47.3 Å². The molecule has 0 saturated carbocycles. The quantitative estimate of drug-likeness (QED) is 0.641. The van der Waals surface area contributed by atoms with Crippen molar-refractivity contribution in [2.45, 2.75) is 37.6 Å². The smallest absolute Gasteiger partial charge is 0.251 e. The highest BCUT2D eigenvalue weighted by molar-refractivity contribution is 5.30. The Hall–Kier alpha value is -2.11. The van der Waals surface area contributed by atoms with Gasteiger partial charge in [0.05, 0.1) is 7.11 Å². The number of hydrogen-bond donors (Lipinski definition) is 0. The summed E-state index contributed by atoms with van der Waals surface area (Å²) in [5.41, 5.74) is 2.58. The van der Waals surface area contributed by atoms with Crippen LogP contribution in [0.5, 0.6) is 5.75 Å². The highest BCUT2D eigenvalue weighted by atomic mass is 16.5. The van der Waals surface area contributed by atoms with Crippen LogP contribution in [-0.2, 0) is 11.2 Å². The van der Waals surface area contributed by atoms with Gasteiger partial charge in [0, 0.05) is 50.5 Å². The number of pyridine rings is 1. The van der Waals surface area contributed by atoms with Gasteiger partial charge in [-0.3, -0.25) is 4.79 Å². The lowest BCUT2D eigenvalue weighted by molar-refractivity contribution is 0.0867. The lowest BCUT2D eigenvalue weighted by Gasteiger charge is -2.47. The Morgan fingerprint density at radius 3 is 2.76 bits per heavy atom. The zero-order valence-corrected chi connectivity index (χ0v) is 17.5. The summed E-state index contributed by atoms with van der Waals surface area (Å²) in [4.78, 5) is 15.5. The molecule has 5 nitrogen and oxygen atoms in total. The fraction of sp³-hybridized carbons (Fsp3) is 0.542. The van der Waals surface area contributed by atoms with Crippen molar-refractivity contribution in [3.05, 3.63) is 64.1 Å². The Balaban J connectivity index is 1.59. The maximum atomic E-state index is 12.9. The van der Waals surface area contributed by atoms with Gasteiger partial charge in [0.2, 0.25) is 0 Å². The van der Waals surface area contributed by atoms with Gasteiger partial charge in [0.1, 0.15) is 5.75 Å². The monoisotopic (exact) mass is 396 g/mol. The van der Waals surface area contributed by atoms with E-state index in [0.29, 0.717) is 11.8 Å². The van der Waals surface area contributed by atoms with Crippen molar-refractivity contribution in [2.24, 2.45) is 5.92 Å². The van der Waals surface area contributed by atoms with E-state index in [4.69, 9.17) is 9.47 Å². The molecule has 2 bridgehead atoms. The van der Waals surface area contributed by atoms with Gasteiger partial charge in [-0.05, 0) is 61.9 Å². The molecule has 1 fully saturated rings. The van der Waals surface area contributed by atoms with Crippen LogP contribution < -0.4 is 10.3 Å². The number of aromatic nitrogens is 1. The standard InChI is InChI=1S/C24H32N2O3/c1-28-12-4-3-11-25-16-19-15-20(17-25)23(26-22(19)9-6-10-24(26)27)14-18-7-5-8-21(13-18)29-2/h5-10,13,19-20,23H,3-4,11-12,14-17H2,1-2H3/t19-,20+,23+/m1/s1. The average Bonchev–Trinajstić information content (AvgIpc) is 2.74. The number of fused-ring (bicyclic) bond motifs is 4. The zero-order chi connectivity index (χ0) is 20.2. The van der Waals surface area contributed by atoms with Crippen molar-refractivity contribution in [3.63, 3.8) is 0 Å². The summed E-state index contributed by atoms with van der Waals surface area (Å²) in [5, 5.41) is 0. The first-order valence-corrected chi connectivity index (χ1v) is 10.7. The molecular formula is C24H32N2O3. The van der Waals surface area contributed by atoms with Gasteiger partial charge in [-0.25, -0.2) is 0 Å². The van der Waals surface area contributed by atoms with Crippen LogP contribution in [0.2, 0.25) is 0 Å². The van der Waals surface area contributed by atoms with E-state index in [9.17, 15) is 4.79 Å². The molecule has 0 amide bonds. The number of unbranched alkanes of at least 4 members (excludes halogenated alkanes) is 1. The van der Waals surface area contributed by atoms with E-state index in [1.54, 1.807) is 20.3 Å². The second-order valence-corrected chi connectivity index (χ2v) is 8.43. The summed E-state index contributed by atoms with van der Waals surface area (Å²) in [6.45, 7) is 4.06. The molecule has 1 saturated heterocycles. The van der Waals surface area contributed by atoms with Gasteiger partial charge in [-0.1, -0.05) is 18.2 Å². The number of nitrogens with zero attached hydrogens (tertiary/aromatic N) is 2. The van der Waals surface area contributed by atoms with Gasteiger partial charge in [0.25, 0.3) is 5.56 Å². The molecule has 0 radical (unpaired) electrons. The fourth-order valence-corrected chi connectivity index (χ4v) is 5.20. The molecule has 5 heteroatoms. The number of rotatable bonds is 8. The Kier molecular flexibility index (Phi) is 6.36. The largest absolute Gasteiger partial charge is 0.497 e. The minimum absolute atomic E-state index is 0.138. The molecule has 156 valence electrons. The zero-order valence-electron chi connectivity index (χ0n) is 17.5. The van der Waals surface area contributed by atoms with Crippen molar-refractivity contribution in [2.75, 3.05) is 40.5 Å². The Morgan fingerprint density at radius 2 is 1.93 bits per heavy atom. The van der Waals surface area contributed by atoms with E-state index in [0.717, 1.165) is 51.3 Å². The topological polar surface area (TPSA) is 43.7 Å². The third-order valence-electron chi connectivity index (χ3n) is 6.53. The number of benzene rings is 1. The predicted molar refractivity (Wildman–Crippen MR) is 115 cm³/mol. The number of likely N-dealkylation sites (tertiary alicyclic amines) is 1. The van der Waals surface area contributed by atoms with E-state index < -0.39 is 0 Å². The third-order valence-corrected chi connectivity index (χ3v) is 6.53. The third kappa shape index (κ3) is 4.41. The molecular weight excluding hydrogens is 364 g/mol. The summed E-state index contributed by atoms with van der Waals surface area (Å²) in [7, 11) is 3.47. The minimum Gasteiger partial charge on any atom is -0.497 e. The average molecular weight is 397 g/mol. The van der Waals surface area contributed by atoms with Crippen LogP contribution in [0.3, 0.4) is 0 Å². The summed E-state index contributed by atoms with van der Waals surface area (Å²) in [6, 6.07) is 14.3. The minimum atomic E-state index is 0.138. The van der Waals surface area contributed by atoms with Crippen molar-refractivity contribution < 1.29 is 9.47 Å². The number of piperidine rings is 1. The fourth-order valence-electron chi connectivity index (χ4n) is 5.20. The van der Waals surface area contributed by atoms with Crippen LogP contribution >= 0.6 is 0 Å². The molecule has 0 unspecified atom stereocenters. The van der Waals surface area contributed by atoms with Crippen molar-refractivity contribution in [3.8, 4) is 5.75 Å². The lowest BCUT2D eigenvalue weighted by Crippen LogP contribution is -2.50. The van der Waals surface area contributed by atoms with E-state index >= 15 is 0 Å². The lowest BCUT2D eigenvalue weighted by atomic mass is 9.76. The molecule has 3 atom stereocenters. The van der Waals surface area contributed by atoms with Gasteiger partial charge in [0.15, 0.2) is 0 Å². The highest BCUT2D eigenvalue weighted by Crippen LogP contribution is 2.42. The molecule has 29 heavy (non-hydrogen) atoms. The maximum Gasteiger partial charge on any atom is 0.251 e. The number of methoxy groups -OCH3 is 2. The van der Waals surface area contributed by atoms with Gasteiger partial charge < -0.3 is 18.9 Å². The van der Waals surface area contributed by atoms with Crippen molar-refractivity contribution in [1.29, 1.82) is 0 Å². The first-order valence-electron chi connectivity index (χ1n) is 10.7. The first-order chi connectivity index (χ1) is 14.2. The first kappa shape index (κ1) is 20.2. The molecule has 0 spiro atoms. The molecule has 2 aliphatic heterocycles. The van der Waals surface area contributed by atoms with Gasteiger partial charge in [-0.15, -0.1) is 0 Å². The Bertz CT molecular complexity index is 878. The number of hydrogen-bond acceptors (Lipinski definition) is 4. The van der Waals surface area contributed by atoms with E-state index in [-0.39, 0.29) is 11.6 Å². The SMILES string of the molecule is COCCCCN1C[C@H]2C[C@@H](C1)[C@H](Cc1cccc(OC)c1)n1c2cccc1=O. The Morgan fingerprint density at radius 1 is 1.07 bits per heavy atom. The van der Waals surface area contributed by atoms with Crippen LogP contribution in [0.25, 0.3) is 0 Å². The van der Waals surface area contributed by atoms with Crippen LogP contribution in [-0.4, -0.2) is 49.9 Å². The second kappa shape index (κ2) is 9.14. The molecule has 3 heterocycles. The van der Waals surface area contributed by atoms with Crippen LogP contribution in [0.1, 0.15) is 42.5 Å². The Labute approximate surface area is 173 Å². The van der Waals surface area contributed by atoms with Crippen LogP contribution in [0.4, 0.5) is 0 Å². The van der Waals surface area contributed by atoms with Crippen molar-refractivity contribution in [1.82, 2.24) is 9.47 Å². The summed E-state index contributed by atoms with van der Waals surface area (Å²) in [6.07, 6.45) is 4.30. The summed E-state index contributed by atoms with van der Waals surface area (Å²) < 4.78 is 12.7.